The van der Waals surface area contributed by atoms with Crippen LogP contribution >= 0.6 is 0 Å². The van der Waals surface area contributed by atoms with Gasteiger partial charge >= 0.3 is 18.1 Å². The number of carbonyl (C=O) groups excluding carboxylic acids is 1. The highest BCUT2D eigenvalue weighted by molar-refractivity contribution is 6.03. The van der Waals surface area contributed by atoms with Crippen LogP contribution in [0.15, 0.2) is 30.5 Å². The zero-order valence-corrected chi connectivity index (χ0v) is 25.3. The molecule has 3 aliphatic heterocycles. The number of aromatic hydroxyl groups is 1. The van der Waals surface area contributed by atoms with Crippen molar-refractivity contribution in [2.75, 3.05) is 50.8 Å². The van der Waals surface area contributed by atoms with Gasteiger partial charge in [-0.15, -0.1) is 6.42 Å². The topological polar surface area (TPSA) is 94.9 Å². The average molecular weight is 671 g/mol. The number of anilines is 1. The second-order valence-electron chi connectivity index (χ2n) is 12.3. The summed E-state index contributed by atoms with van der Waals surface area (Å²) in [5, 5.41) is 11.0. The van der Waals surface area contributed by atoms with Gasteiger partial charge < -0.3 is 19.6 Å². The Labute approximate surface area is 270 Å². The highest BCUT2D eigenvalue weighted by Crippen LogP contribution is 2.42. The van der Waals surface area contributed by atoms with Crippen molar-refractivity contribution < 1.29 is 41.0 Å². The first-order valence-corrected chi connectivity index (χ1v) is 15.3. The predicted octanol–water partition coefficient (Wildman–Crippen LogP) is 4.98. The number of ether oxygens (including phenoxy) is 1. The van der Waals surface area contributed by atoms with Gasteiger partial charge in [0, 0.05) is 56.3 Å². The lowest BCUT2D eigenvalue weighted by atomic mass is 9.95. The number of fused-ring (bicyclic) bond motifs is 3. The molecule has 250 valence electrons. The van der Waals surface area contributed by atoms with Gasteiger partial charge in [-0.2, -0.15) is 23.1 Å². The molecule has 48 heavy (non-hydrogen) atoms. The van der Waals surface area contributed by atoms with E-state index in [2.05, 4.69) is 20.9 Å². The Balaban J connectivity index is 1.33. The second-order valence-corrected chi connectivity index (χ2v) is 12.3. The number of hydrogen-bond donors (Lipinski definition) is 1. The molecule has 9 nitrogen and oxygen atoms in total. The van der Waals surface area contributed by atoms with Crippen LogP contribution in [0.5, 0.6) is 11.8 Å². The first kappa shape index (κ1) is 31.7. The smallest absolute Gasteiger partial charge is 0.471 e. The van der Waals surface area contributed by atoms with Gasteiger partial charge in [0.25, 0.3) is 0 Å². The lowest BCUT2D eigenvalue weighted by Crippen LogP contribution is -2.52. The minimum atomic E-state index is -5.03. The number of benzene rings is 2. The number of carbonyl (C=O) groups is 1. The Kier molecular flexibility index (Phi) is 7.73. The van der Waals surface area contributed by atoms with Crippen molar-refractivity contribution in [2.45, 2.75) is 37.1 Å². The molecule has 2 aromatic heterocycles. The first-order chi connectivity index (χ1) is 22.9. The summed E-state index contributed by atoms with van der Waals surface area (Å²) >= 11 is 0. The number of rotatable bonds is 5. The molecule has 0 spiro atoms. The number of nitrogens with zero attached hydrogens (tertiary/aromatic N) is 6. The Bertz CT molecular complexity index is 1990. The molecule has 2 atom stereocenters. The number of aromatic nitrogens is 3. The maximum absolute atomic E-state index is 16.7. The molecule has 5 heterocycles. The van der Waals surface area contributed by atoms with Crippen LogP contribution in [-0.4, -0.2) is 99.5 Å². The Morgan fingerprint density at radius 1 is 1.12 bits per heavy atom. The number of pyridine rings is 1. The summed E-state index contributed by atoms with van der Waals surface area (Å²) in [4.78, 5) is 29.3. The lowest BCUT2D eigenvalue weighted by molar-refractivity contribution is -0.185. The van der Waals surface area contributed by atoms with Gasteiger partial charge in [-0.25, -0.2) is 13.2 Å². The quantitative estimate of drug-likeness (QED) is 0.235. The molecule has 0 aliphatic carbocycles. The number of hydrogen-bond acceptors (Lipinski definition) is 8. The van der Waals surface area contributed by atoms with Crippen LogP contribution < -0.4 is 9.64 Å². The van der Waals surface area contributed by atoms with E-state index in [4.69, 9.17) is 11.2 Å². The number of alkyl halides is 4. The van der Waals surface area contributed by atoms with E-state index < -0.39 is 35.4 Å². The molecule has 1 amide bonds. The molecule has 7 rings (SSSR count). The van der Waals surface area contributed by atoms with E-state index in [1.165, 1.54) is 24.4 Å². The molecule has 0 bridgehead atoms. The molecule has 0 saturated carbocycles. The van der Waals surface area contributed by atoms with Gasteiger partial charge in [0.15, 0.2) is 5.82 Å². The standard InChI is InChI=1S/C33H28F6N6O3/c1-2-21-24(35)5-4-18-12-20(46)13-22(25(18)21)27-26(36)28-23(15-40-27)29(43-8-10-44(11-9-43)30(47)33(37,38)39)42-31(41-28)48-17-32-6-3-7-45(32)16-19(34)14-32/h1,4-5,12-13,15,19,46H,3,6-11,14,16-17H2/t19-,32+/m1/s1. The number of amides is 1. The Hall–Kier alpha value is -4.84. The molecule has 15 heteroatoms. The fourth-order valence-electron chi connectivity index (χ4n) is 7.22. The molecule has 3 saturated heterocycles. The molecule has 0 radical (unpaired) electrons. The molecule has 2 aromatic carbocycles. The van der Waals surface area contributed by atoms with Gasteiger partial charge in [0.05, 0.1) is 16.5 Å². The maximum atomic E-state index is 16.7. The third-order valence-electron chi connectivity index (χ3n) is 9.43. The van der Waals surface area contributed by atoms with Crippen molar-refractivity contribution in [3.8, 4) is 35.4 Å². The van der Waals surface area contributed by atoms with E-state index in [-0.39, 0.29) is 96.4 Å². The minimum absolute atomic E-state index is 0.000752. The molecule has 0 unspecified atom stereocenters. The van der Waals surface area contributed by atoms with Crippen molar-refractivity contribution in [1.82, 2.24) is 24.8 Å². The third kappa shape index (κ3) is 5.37. The number of piperazine rings is 1. The van der Waals surface area contributed by atoms with Crippen LogP contribution in [0.25, 0.3) is 32.9 Å². The summed E-state index contributed by atoms with van der Waals surface area (Å²) < 4.78 is 91.2. The van der Waals surface area contributed by atoms with Crippen molar-refractivity contribution in [1.29, 1.82) is 0 Å². The fraction of sp³-hybridized carbons (Fsp3) is 0.394. The highest BCUT2D eigenvalue weighted by Gasteiger charge is 2.49. The van der Waals surface area contributed by atoms with Crippen LogP contribution in [0, 0.1) is 24.0 Å². The Morgan fingerprint density at radius 3 is 2.62 bits per heavy atom. The van der Waals surface area contributed by atoms with E-state index in [0.29, 0.717) is 23.3 Å². The number of phenols is 1. The molecular weight excluding hydrogens is 642 g/mol. The lowest BCUT2D eigenvalue weighted by Gasteiger charge is -2.36. The van der Waals surface area contributed by atoms with Crippen LogP contribution in [0.4, 0.5) is 32.2 Å². The summed E-state index contributed by atoms with van der Waals surface area (Å²) in [5.41, 5.74) is -1.32. The zero-order valence-electron chi connectivity index (χ0n) is 25.3. The summed E-state index contributed by atoms with van der Waals surface area (Å²) in [6.07, 6.45) is 2.61. The van der Waals surface area contributed by atoms with Crippen LogP contribution in [-0.2, 0) is 4.79 Å². The van der Waals surface area contributed by atoms with Crippen LogP contribution in [0.3, 0.4) is 0 Å². The van der Waals surface area contributed by atoms with Crippen molar-refractivity contribution in [3.63, 3.8) is 0 Å². The maximum Gasteiger partial charge on any atom is 0.471 e. The second kappa shape index (κ2) is 11.7. The monoisotopic (exact) mass is 670 g/mol. The predicted molar refractivity (Wildman–Crippen MR) is 163 cm³/mol. The zero-order chi connectivity index (χ0) is 34.0. The third-order valence-corrected chi connectivity index (χ3v) is 9.43. The van der Waals surface area contributed by atoms with Crippen molar-refractivity contribution in [2.24, 2.45) is 0 Å². The number of terminal acetylenes is 1. The number of halogens is 6. The largest absolute Gasteiger partial charge is 0.508 e. The average Bonchev–Trinajstić information content (AvgIpc) is 3.58. The van der Waals surface area contributed by atoms with E-state index in [0.717, 1.165) is 12.5 Å². The summed E-state index contributed by atoms with van der Waals surface area (Å²) in [7, 11) is 0. The molecular formula is C33H28F6N6O3. The highest BCUT2D eigenvalue weighted by atomic mass is 19.4. The normalized spacial score (nSPS) is 21.6. The number of phenolic OH excluding ortho intramolecular Hbond substituents is 1. The molecule has 4 aromatic rings. The van der Waals surface area contributed by atoms with Crippen molar-refractivity contribution in [3.05, 3.63) is 47.7 Å². The Morgan fingerprint density at radius 2 is 1.90 bits per heavy atom. The summed E-state index contributed by atoms with van der Waals surface area (Å²) in [5.74, 6) is -1.53. The molecule has 3 fully saturated rings. The fourth-order valence-corrected chi connectivity index (χ4v) is 7.22. The van der Waals surface area contributed by atoms with Crippen molar-refractivity contribution >= 4 is 33.4 Å². The van der Waals surface area contributed by atoms with Gasteiger partial charge in [0.1, 0.15) is 41.4 Å². The van der Waals surface area contributed by atoms with Gasteiger partial charge in [-0.05, 0) is 43.0 Å². The van der Waals surface area contributed by atoms with Gasteiger partial charge in [-0.3, -0.25) is 14.7 Å². The van der Waals surface area contributed by atoms with Crippen LogP contribution in [0.1, 0.15) is 24.8 Å². The first-order valence-electron chi connectivity index (χ1n) is 15.3. The summed E-state index contributed by atoms with van der Waals surface area (Å²) in [6.45, 7) is 0.305. The van der Waals surface area contributed by atoms with Gasteiger partial charge in [-0.1, -0.05) is 12.0 Å². The molecule has 3 aliphatic rings. The van der Waals surface area contributed by atoms with E-state index in [1.54, 1.807) is 4.90 Å². The minimum Gasteiger partial charge on any atom is -0.508 e. The van der Waals surface area contributed by atoms with Crippen LogP contribution in [0.2, 0.25) is 0 Å². The van der Waals surface area contributed by atoms with E-state index in [1.807, 2.05) is 4.90 Å². The van der Waals surface area contributed by atoms with E-state index >= 15 is 4.39 Å². The summed E-state index contributed by atoms with van der Waals surface area (Å²) in [6, 6.07) is 4.83. The SMILES string of the molecule is C#Cc1c(F)ccc2cc(O)cc(-c3ncc4c(N5CCN(C(=O)C(F)(F)F)CC5)nc(OC[C@@]56CCCN5C[C@H](F)C6)nc4c3F)c12. The van der Waals surface area contributed by atoms with Gasteiger partial charge in [0.2, 0.25) is 0 Å². The molecule has 1 N–H and O–H groups in total. The van der Waals surface area contributed by atoms with E-state index in [9.17, 15) is 31.9 Å².